The summed E-state index contributed by atoms with van der Waals surface area (Å²) in [6.45, 7) is 4.71. The van der Waals surface area contributed by atoms with Gasteiger partial charge in [-0.2, -0.15) is 0 Å². The summed E-state index contributed by atoms with van der Waals surface area (Å²) < 4.78 is 23.0. The van der Waals surface area contributed by atoms with Gasteiger partial charge in [0.05, 0.1) is 18.0 Å². The number of benzene rings is 1. The van der Waals surface area contributed by atoms with Crippen LogP contribution in [0.25, 0.3) is 0 Å². The van der Waals surface area contributed by atoms with Gasteiger partial charge in [0.15, 0.2) is 16.4 Å². The third-order valence-corrected chi connectivity index (χ3v) is 4.93. The number of carbonyl (C=O) groups excluding carboxylic acids is 1. The van der Waals surface area contributed by atoms with E-state index in [9.17, 15) is 13.2 Å². The van der Waals surface area contributed by atoms with Gasteiger partial charge in [-0.05, 0) is 31.0 Å². The van der Waals surface area contributed by atoms with Crippen molar-refractivity contribution in [3.8, 4) is 0 Å². The van der Waals surface area contributed by atoms with Gasteiger partial charge in [0, 0.05) is 17.9 Å². The van der Waals surface area contributed by atoms with E-state index in [2.05, 4.69) is 12.2 Å². The topological polar surface area (TPSA) is 67.7 Å². The number of rotatable bonds is 4. The summed E-state index contributed by atoms with van der Waals surface area (Å²) in [5.74, 6) is 0.597. The Morgan fingerprint density at radius 1 is 1.43 bits per heavy atom. The van der Waals surface area contributed by atoms with Crippen molar-refractivity contribution in [2.45, 2.75) is 24.7 Å². The highest BCUT2D eigenvalue weighted by Gasteiger charge is 2.22. The maximum atomic E-state index is 12.1. The quantitative estimate of drug-likeness (QED) is 0.843. The van der Waals surface area contributed by atoms with E-state index in [0.717, 1.165) is 25.8 Å². The smallest absolute Gasteiger partial charge is 0.279 e. The molecule has 1 unspecified atom stereocenters. The summed E-state index contributed by atoms with van der Waals surface area (Å²) >= 11 is 0. The third-order valence-electron chi connectivity index (χ3n) is 3.82. The highest BCUT2D eigenvalue weighted by atomic mass is 32.2. The van der Waals surface area contributed by atoms with Crippen LogP contribution in [-0.4, -0.2) is 40.2 Å². The van der Waals surface area contributed by atoms with Crippen molar-refractivity contribution in [3.05, 3.63) is 24.3 Å². The van der Waals surface area contributed by atoms with E-state index in [0.29, 0.717) is 18.2 Å². The molecular formula is C15H23N2O3S+. The first-order valence-corrected chi connectivity index (χ1v) is 9.17. The van der Waals surface area contributed by atoms with Crippen LogP contribution in [-0.2, 0) is 14.6 Å². The molecule has 1 aromatic rings. The Morgan fingerprint density at radius 2 is 2.19 bits per heavy atom. The highest BCUT2D eigenvalue weighted by molar-refractivity contribution is 7.90. The molecule has 1 amide bonds. The Bertz CT molecular complexity index is 613. The normalized spacial score (nSPS) is 22.8. The molecule has 2 rings (SSSR count). The fourth-order valence-electron chi connectivity index (χ4n) is 2.79. The molecule has 21 heavy (non-hydrogen) atoms. The Labute approximate surface area is 126 Å². The number of likely N-dealkylation sites (tertiary alicyclic amines) is 1. The second-order valence-electron chi connectivity index (χ2n) is 5.98. The lowest BCUT2D eigenvalue weighted by Crippen LogP contribution is -3.14. The van der Waals surface area contributed by atoms with Gasteiger partial charge in [-0.15, -0.1) is 0 Å². The first-order chi connectivity index (χ1) is 9.84. The van der Waals surface area contributed by atoms with Crippen LogP contribution < -0.4 is 10.2 Å². The van der Waals surface area contributed by atoms with E-state index in [1.165, 1.54) is 23.5 Å². The minimum Gasteiger partial charge on any atom is -0.327 e. The monoisotopic (exact) mass is 311 g/mol. The van der Waals surface area contributed by atoms with Crippen molar-refractivity contribution in [2.75, 3.05) is 31.2 Å². The first-order valence-electron chi connectivity index (χ1n) is 7.28. The molecule has 1 saturated heterocycles. The zero-order chi connectivity index (χ0) is 15.5. The SMILES string of the molecule is C[C@H]1CCC[NH+](CC(=O)Nc2cccc(S(C)(=O)=O)c2)C1. The van der Waals surface area contributed by atoms with Crippen LogP contribution in [0.1, 0.15) is 19.8 Å². The lowest BCUT2D eigenvalue weighted by atomic mass is 10.0. The number of anilines is 1. The molecule has 0 spiro atoms. The minimum absolute atomic E-state index is 0.0650. The molecule has 0 radical (unpaired) electrons. The molecule has 2 atom stereocenters. The molecule has 0 aliphatic carbocycles. The Morgan fingerprint density at radius 3 is 2.86 bits per heavy atom. The summed E-state index contributed by atoms with van der Waals surface area (Å²) in [5.41, 5.74) is 0.535. The average Bonchev–Trinajstić information content (AvgIpc) is 2.37. The number of hydrogen-bond donors (Lipinski definition) is 2. The van der Waals surface area contributed by atoms with Crippen molar-refractivity contribution in [3.63, 3.8) is 0 Å². The van der Waals surface area contributed by atoms with Crippen LogP contribution in [0.5, 0.6) is 0 Å². The van der Waals surface area contributed by atoms with Crippen molar-refractivity contribution >= 4 is 21.4 Å². The summed E-state index contributed by atoms with van der Waals surface area (Å²) in [5, 5.41) is 2.79. The fourth-order valence-corrected chi connectivity index (χ4v) is 3.46. The van der Waals surface area contributed by atoms with Gasteiger partial charge >= 0.3 is 0 Å². The van der Waals surface area contributed by atoms with Crippen molar-refractivity contribution in [2.24, 2.45) is 5.92 Å². The standard InChI is InChI=1S/C15H22N2O3S/c1-12-5-4-8-17(10-12)11-15(18)16-13-6-3-7-14(9-13)21(2,19)20/h3,6-7,9,12H,4-5,8,10-11H2,1-2H3,(H,16,18)/p+1/t12-/m0/s1. The van der Waals surface area contributed by atoms with E-state index in [-0.39, 0.29) is 10.8 Å². The molecule has 116 valence electrons. The van der Waals surface area contributed by atoms with Crippen LogP contribution in [0.3, 0.4) is 0 Å². The molecule has 1 heterocycles. The summed E-state index contributed by atoms with van der Waals surface area (Å²) in [6.07, 6.45) is 3.56. The van der Waals surface area contributed by atoms with Crippen LogP contribution in [0.4, 0.5) is 5.69 Å². The predicted molar refractivity (Wildman–Crippen MR) is 82.1 cm³/mol. The zero-order valence-electron chi connectivity index (χ0n) is 12.6. The van der Waals surface area contributed by atoms with Gasteiger partial charge in [0.25, 0.3) is 5.91 Å². The van der Waals surface area contributed by atoms with E-state index >= 15 is 0 Å². The van der Waals surface area contributed by atoms with Crippen LogP contribution in [0.15, 0.2) is 29.2 Å². The lowest BCUT2D eigenvalue weighted by molar-refractivity contribution is -0.900. The zero-order valence-corrected chi connectivity index (χ0v) is 13.4. The van der Waals surface area contributed by atoms with Gasteiger partial charge in [-0.25, -0.2) is 8.42 Å². The predicted octanol–water partition coefficient (Wildman–Crippen LogP) is 0.343. The highest BCUT2D eigenvalue weighted by Crippen LogP contribution is 2.15. The average molecular weight is 311 g/mol. The maximum absolute atomic E-state index is 12.1. The lowest BCUT2D eigenvalue weighted by Gasteiger charge is -2.27. The molecule has 2 N–H and O–H groups in total. The number of piperidine rings is 1. The van der Waals surface area contributed by atoms with Crippen molar-refractivity contribution in [1.82, 2.24) is 0 Å². The van der Waals surface area contributed by atoms with E-state index in [1.54, 1.807) is 12.1 Å². The first kappa shape index (κ1) is 16.0. The van der Waals surface area contributed by atoms with E-state index in [4.69, 9.17) is 0 Å². The summed E-state index contributed by atoms with van der Waals surface area (Å²) in [7, 11) is -3.25. The Kier molecular flexibility index (Phi) is 5.00. The number of hydrogen-bond acceptors (Lipinski definition) is 3. The minimum atomic E-state index is -3.25. The second kappa shape index (κ2) is 6.58. The molecule has 6 heteroatoms. The fraction of sp³-hybridized carbons (Fsp3) is 0.533. The summed E-state index contributed by atoms with van der Waals surface area (Å²) in [4.78, 5) is 13.6. The van der Waals surface area contributed by atoms with E-state index in [1.807, 2.05) is 0 Å². The molecular weight excluding hydrogens is 288 g/mol. The number of carbonyl (C=O) groups is 1. The molecule has 0 bridgehead atoms. The largest absolute Gasteiger partial charge is 0.327 e. The molecule has 0 aromatic heterocycles. The van der Waals surface area contributed by atoms with E-state index < -0.39 is 9.84 Å². The molecule has 1 aromatic carbocycles. The number of nitrogens with one attached hydrogen (secondary N) is 2. The summed E-state index contributed by atoms with van der Waals surface area (Å²) in [6, 6.07) is 6.38. The molecule has 5 nitrogen and oxygen atoms in total. The molecule has 1 aliphatic heterocycles. The van der Waals surface area contributed by atoms with Gasteiger partial charge in [-0.1, -0.05) is 13.0 Å². The molecule has 0 saturated carbocycles. The number of sulfone groups is 1. The number of quaternary nitrogens is 1. The van der Waals surface area contributed by atoms with Gasteiger partial charge in [0.2, 0.25) is 0 Å². The van der Waals surface area contributed by atoms with Gasteiger partial charge < -0.3 is 10.2 Å². The Balaban J connectivity index is 1.96. The molecule has 1 fully saturated rings. The Hall–Kier alpha value is -1.40. The van der Waals surface area contributed by atoms with Gasteiger partial charge in [0.1, 0.15) is 0 Å². The second-order valence-corrected chi connectivity index (χ2v) is 7.99. The molecule has 1 aliphatic rings. The van der Waals surface area contributed by atoms with Crippen molar-refractivity contribution < 1.29 is 18.1 Å². The van der Waals surface area contributed by atoms with Crippen LogP contribution in [0.2, 0.25) is 0 Å². The van der Waals surface area contributed by atoms with Crippen molar-refractivity contribution in [1.29, 1.82) is 0 Å². The van der Waals surface area contributed by atoms with Crippen LogP contribution >= 0.6 is 0 Å². The van der Waals surface area contributed by atoms with Crippen LogP contribution in [0, 0.1) is 5.92 Å². The van der Waals surface area contributed by atoms with Gasteiger partial charge in [-0.3, -0.25) is 4.79 Å². The maximum Gasteiger partial charge on any atom is 0.279 e. The number of amides is 1. The third kappa shape index (κ3) is 4.82.